The van der Waals surface area contributed by atoms with Gasteiger partial charge in [-0.1, -0.05) is 0 Å². The van der Waals surface area contributed by atoms with Gasteiger partial charge in [-0.2, -0.15) is 0 Å². The van der Waals surface area contributed by atoms with Crippen molar-refractivity contribution in [3.05, 3.63) is 16.6 Å². The zero-order valence-electron chi connectivity index (χ0n) is 9.36. The Balaban J connectivity index is 2.34. The van der Waals surface area contributed by atoms with Crippen molar-refractivity contribution in [2.75, 3.05) is 20.1 Å². The molecule has 1 unspecified atom stereocenters. The SMILES string of the molecule is CCN(C)C(=O)CNC(C)c1nccs1. The number of hydrogen-bond acceptors (Lipinski definition) is 4. The summed E-state index contributed by atoms with van der Waals surface area (Å²) in [5.74, 6) is 0.112. The van der Waals surface area contributed by atoms with E-state index in [4.69, 9.17) is 0 Å². The standard InChI is InChI=1S/C10H17N3OS/c1-4-13(3)9(14)7-12-8(2)10-11-5-6-15-10/h5-6,8,12H,4,7H2,1-3H3. The molecule has 1 amide bonds. The molecular formula is C10H17N3OS. The smallest absolute Gasteiger partial charge is 0.236 e. The van der Waals surface area contributed by atoms with Gasteiger partial charge < -0.3 is 4.90 Å². The lowest BCUT2D eigenvalue weighted by atomic mass is 10.3. The summed E-state index contributed by atoms with van der Waals surface area (Å²) >= 11 is 1.60. The number of aromatic nitrogens is 1. The van der Waals surface area contributed by atoms with Crippen molar-refractivity contribution >= 4 is 17.2 Å². The third-order valence-electron chi connectivity index (χ3n) is 2.28. The Morgan fingerprint density at radius 2 is 2.47 bits per heavy atom. The average Bonchev–Trinajstić information content (AvgIpc) is 2.77. The Morgan fingerprint density at radius 1 is 1.73 bits per heavy atom. The van der Waals surface area contributed by atoms with Crippen LogP contribution in [0.15, 0.2) is 11.6 Å². The van der Waals surface area contributed by atoms with E-state index in [-0.39, 0.29) is 11.9 Å². The normalized spacial score (nSPS) is 12.5. The number of hydrogen-bond donors (Lipinski definition) is 1. The second-order valence-electron chi connectivity index (χ2n) is 3.38. The summed E-state index contributed by atoms with van der Waals surface area (Å²) in [6.07, 6.45) is 1.78. The highest BCUT2D eigenvalue weighted by Gasteiger charge is 2.11. The predicted molar refractivity (Wildman–Crippen MR) is 61.8 cm³/mol. The molecule has 5 heteroatoms. The lowest BCUT2D eigenvalue weighted by Crippen LogP contribution is -2.36. The predicted octanol–water partition coefficient (Wildman–Crippen LogP) is 1.27. The van der Waals surface area contributed by atoms with E-state index >= 15 is 0 Å². The number of nitrogens with one attached hydrogen (secondary N) is 1. The van der Waals surface area contributed by atoms with Gasteiger partial charge in [0.2, 0.25) is 5.91 Å². The van der Waals surface area contributed by atoms with Crippen molar-refractivity contribution in [3.63, 3.8) is 0 Å². The molecule has 1 rings (SSSR count). The van der Waals surface area contributed by atoms with Crippen LogP contribution in [0.25, 0.3) is 0 Å². The molecule has 0 aliphatic rings. The first-order valence-corrected chi connectivity index (χ1v) is 5.89. The van der Waals surface area contributed by atoms with Gasteiger partial charge in [0.1, 0.15) is 5.01 Å². The van der Waals surface area contributed by atoms with E-state index in [0.29, 0.717) is 6.54 Å². The fourth-order valence-electron chi connectivity index (χ4n) is 1.09. The van der Waals surface area contributed by atoms with Crippen LogP contribution in [0.3, 0.4) is 0 Å². The second-order valence-corrected chi connectivity index (χ2v) is 4.31. The van der Waals surface area contributed by atoms with Gasteiger partial charge in [0.15, 0.2) is 0 Å². The van der Waals surface area contributed by atoms with Crippen LogP contribution >= 0.6 is 11.3 Å². The molecule has 1 aromatic heterocycles. The van der Waals surface area contributed by atoms with Crippen LogP contribution in [-0.4, -0.2) is 35.9 Å². The lowest BCUT2D eigenvalue weighted by Gasteiger charge is -2.16. The maximum atomic E-state index is 11.5. The van der Waals surface area contributed by atoms with Crippen molar-refractivity contribution in [2.45, 2.75) is 19.9 Å². The van der Waals surface area contributed by atoms with E-state index in [2.05, 4.69) is 10.3 Å². The maximum Gasteiger partial charge on any atom is 0.236 e. The molecule has 0 saturated carbocycles. The van der Waals surface area contributed by atoms with Gasteiger partial charge in [-0.3, -0.25) is 10.1 Å². The fraction of sp³-hybridized carbons (Fsp3) is 0.600. The largest absolute Gasteiger partial charge is 0.345 e. The average molecular weight is 227 g/mol. The molecule has 4 nitrogen and oxygen atoms in total. The zero-order valence-corrected chi connectivity index (χ0v) is 10.2. The summed E-state index contributed by atoms with van der Waals surface area (Å²) in [4.78, 5) is 17.4. The van der Waals surface area contributed by atoms with Crippen molar-refractivity contribution in [3.8, 4) is 0 Å². The number of thiazole rings is 1. The van der Waals surface area contributed by atoms with Gasteiger partial charge in [0.05, 0.1) is 12.6 Å². The van der Waals surface area contributed by atoms with E-state index in [1.807, 2.05) is 19.2 Å². The summed E-state index contributed by atoms with van der Waals surface area (Å²) in [5, 5.41) is 6.11. The third kappa shape index (κ3) is 3.60. The van der Waals surface area contributed by atoms with E-state index in [1.54, 1.807) is 29.5 Å². The first-order valence-electron chi connectivity index (χ1n) is 5.02. The molecule has 1 aromatic rings. The molecule has 0 aliphatic carbocycles. The Kier molecular flexibility index (Phi) is 4.71. The zero-order chi connectivity index (χ0) is 11.3. The molecule has 84 valence electrons. The molecular weight excluding hydrogens is 210 g/mol. The molecule has 0 radical (unpaired) electrons. The van der Waals surface area contributed by atoms with Gasteiger partial charge in [-0.15, -0.1) is 11.3 Å². The highest BCUT2D eigenvalue weighted by molar-refractivity contribution is 7.09. The molecule has 0 aromatic carbocycles. The highest BCUT2D eigenvalue weighted by atomic mass is 32.1. The molecule has 0 saturated heterocycles. The molecule has 1 N–H and O–H groups in total. The van der Waals surface area contributed by atoms with Gasteiger partial charge in [-0.05, 0) is 13.8 Å². The minimum atomic E-state index is 0.112. The highest BCUT2D eigenvalue weighted by Crippen LogP contribution is 2.13. The number of likely N-dealkylation sites (N-methyl/N-ethyl adjacent to an activating group) is 1. The quantitative estimate of drug-likeness (QED) is 0.824. The Hall–Kier alpha value is -0.940. The molecule has 0 aliphatic heterocycles. The van der Waals surface area contributed by atoms with Crippen molar-refractivity contribution < 1.29 is 4.79 Å². The summed E-state index contributed by atoms with van der Waals surface area (Å²) in [7, 11) is 1.80. The topological polar surface area (TPSA) is 45.2 Å². The Labute approximate surface area is 94.3 Å². The summed E-state index contributed by atoms with van der Waals surface area (Å²) < 4.78 is 0. The van der Waals surface area contributed by atoms with Gasteiger partial charge in [0.25, 0.3) is 0 Å². The van der Waals surface area contributed by atoms with Gasteiger partial charge in [0, 0.05) is 25.2 Å². The van der Waals surface area contributed by atoms with E-state index in [1.165, 1.54) is 0 Å². The Bertz CT molecular complexity index is 300. The van der Waals surface area contributed by atoms with Crippen LogP contribution in [0.1, 0.15) is 24.9 Å². The molecule has 1 atom stereocenters. The number of amides is 1. The minimum absolute atomic E-state index is 0.112. The van der Waals surface area contributed by atoms with Crippen LogP contribution in [-0.2, 0) is 4.79 Å². The van der Waals surface area contributed by atoms with Crippen LogP contribution in [0, 0.1) is 0 Å². The minimum Gasteiger partial charge on any atom is -0.345 e. The van der Waals surface area contributed by atoms with Gasteiger partial charge >= 0.3 is 0 Å². The molecule has 15 heavy (non-hydrogen) atoms. The Morgan fingerprint density at radius 3 is 3.00 bits per heavy atom. The number of rotatable bonds is 5. The second kappa shape index (κ2) is 5.82. The van der Waals surface area contributed by atoms with Crippen LogP contribution in [0.4, 0.5) is 0 Å². The molecule has 0 spiro atoms. The fourth-order valence-corrected chi connectivity index (χ4v) is 1.76. The first-order chi connectivity index (χ1) is 7.15. The summed E-state index contributed by atoms with van der Waals surface area (Å²) in [5.41, 5.74) is 0. The molecule has 0 bridgehead atoms. The third-order valence-corrected chi connectivity index (χ3v) is 3.24. The van der Waals surface area contributed by atoms with Gasteiger partial charge in [-0.25, -0.2) is 4.98 Å². The number of carbonyl (C=O) groups excluding carboxylic acids is 1. The van der Waals surface area contributed by atoms with E-state index < -0.39 is 0 Å². The van der Waals surface area contributed by atoms with Crippen molar-refractivity contribution in [1.29, 1.82) is 0 Å². The van der Waals surface area contributed by atoms with Crippen molar-refractivity contribution in [1.82, 2.24) is 15.2 Å². The first kappa shape index (κ1) is 12.1. The number of carbonyl (C=O) groups is 1. The number of nitrogens with zero attached hydrogens (tertiary/aromatic N) is 2. The molecule has 1 heterocycles. The van der Waals surface area contributed by atoms with E-state index in [9.17, 15) is 4.79 Å². The molecule has 0 fully saturated rings. The summed E-state index contributed by atoms with van der Waals surface area (Å²) in [6.45, 7) is 5.08. The van der Waals surface area contributed by atoms with E-state index in [0.717, 1.165) is 11.6 Å². The van der Waals surface area contributed by atoms with Crippen LogP contribution in [0.5, 0.6) is 0 Å². The lowest BCUT2D eigenvalue weighted by molar-refractivity contribution is -0.128. The van der Waals surface area contributed by atoms with Crippen molar-refractivity contribution in [2.24, 2.45) is 0 Å². The monoisotopic (exact) mass is 227 g/mol. The van der Waals surface area contributed by atoms with Crippen LogP contribution < -0.4 is 5.32 Å². The summed E-state index contributed by atoms with van der Waals surface area (Å²) in [6, 6.07) is 0.138. The maximum absolute atomic E-state index is 11.5. The van der Waals surface area contributed by atoms with Crippen LogP contribution in [0.2, 0.25) is 0 Å².